The smallest absolute Gasteiger partial charge is 0.131 e. The highest BCUT2D eigenvalue weighted by molar-refractivity contribution is 5.40. The van der Waals surface area contributed by atoms with Gasteiger partial charge in [0.25, 0.3) is 0 Å². The normalized spacial score (nSPS) is 10.2. The first kappa shape index (κ1) is 15.2. The monoisotopic (exact) mass is 288 g/mol. The van der Waals surface area contributed by atoms with Crippen LogP contribution in [0.15, 0.2) is 42.5 Å². The fourth-order valence-corrected chi connectivity index (χ4v) is 2.28. The highest BCUT2D eigenvalue weighted by Crippen LogP contribution is 2.23. The summed E-state index contributed by atoms with van der Waals surface area (Å²) in [5.41, 5.74) is 2.33. The summed E-state index contributed by atoms with van der Waals surface area (Å²) in [7, 11) is 5.03. The molecule has 2 aromatic rings. The van der Waals surface area contributed by atoms with Gasteiger partial charge in [0, 0.05) is 17.2 Å². The molecule has 0 fully saturated rings. The fourth-order valence-electron chi connectivity index (χ4n) is 2.28. The molecule has 112 valence electrons. The summed E-state index contributed by atoms with van der Waals surface area (Å²) in [5.74, 6) is 2.58. The average Bonchev–Trinajstić information content (AvgIpc) is 2.55. The predicted molar refractivity (Wildman–Crippen MR) is 81.9 cm³/mol. The number of benzene rings is 2. The number of hydrogen-bond donors (Lipinski definition) is 1. The van der Waals surface area contributed by atoms with E-state index in [4.69, 9.17) is 14.2 Å². The summed E-state index contributed by atoms with van der Waals surface area (Å²) in [4.78, 5) is 0. The zero-order valence-electron chi connectivity index (χ0n) is 12.8. The molecule has 0 amide bonds. The highest BCUT2D eigenvalue weighted by atomic mass is 16.5. The Morgan fingerprint density at radius 1 is 0.762 bits per heavy atom. The summed E-state index contributed by atoms with van der Waals surface area (Å²) in [6, 6.07) is 14.0. The summed E-state index contributed by atoms with van der Waals surface area (Å²) in [6.45, 7) is 1.70. The minimum Gasteiger partial charge on any atom is -0.497 e. The molecular formula is C17H22NO3+. The first-order valence-corrected chi connectivity index (χ1v) is 6.93. The first-order chi connectivity index (χ1) is 10.3. The Morgan fingerprint density at radius 2 is 1.43 bits per heavy atom. The Kier molecular flexibility index (Phi) is 5.46. The Bertz CT molecular complexity index is 584. The van der Waals surface area contributed by atoms with E-state index in [-0.39, 0.29) is 0 Å². The summed E-state index contributed by atoms with van der Waals surface area (Å²) < 4.78 is 16.0. The first-order valence-electron chi connectivity index (χ1n) is 6.93. The third-order valence-corrected chi connectivity index (χ3v) is 3.42. The minimum atomic E-state index is 0.806. The maximum absolute atomic E-state index is 5.41. The molecule has 2 N–H and O–H groups in total. The van der Waals surface area contributed by atoms with Crippen molar-refractivity contribution < 1.29 is 19.5 Å². The van der Waals surface area contributed by atoms with Gasteiger partial charge in [-0.05, 0) is 24.3 Å². The zero-order chi connectivity index (χ0) is 15.1. The van der Waals surface area contributed by atoms with Gasteiger partial charge < -0.3 is 19.5 Å². The van der Waals surface area contributed by atoms with Crippen molar-refractivity contribution in [2.75, 3.05) is 21.3 Å². The van der Waals surface area contributed by atoms with Crippen molar-refractivity contribution in [3.63, 3.8) is 0 Å². The van der Waals surface area contributed by atoms with Gasteiger partial charge in [-0.3, -0.25) is 0 Å². The quantitative estimate of drug-likeness (QED) is 0.847. The molecule has 4 heteroatoms. The Morgan fingerprint density at radius 3 is 2.10 bits per heavy atom. The topological polar surface area (TPSA) is 44.3 Å². The molecule has 0 saturated heterocycles. The van der Waals surface area contributed by atoms with Crippen LogP contribution in [-0.2, 0) is 13.1 Å². The Balaban J connectivity index is 2.00. The van der Waals surface area contributed by atoms with Crippen LogP contribution < -0.4 is 19.5 Å². The van der Waals surface area contributed by atoms with Crippen molar-refractivity contribution in [1.29, 1.82) is 0 Å². The van der Waals surface area contributed by atoms with Crippen LogP contribution in [0.4, 0.5) is 0 Å². The van der Waals surface area contributed by atoms with Gasteiger partial charge in [-0.15, -0.1) is 0 Å². The van der Waals surface area contributed by atoms with Crippen molar-refractivity contribution in [1.82, 2.24) is 0 Å². The molecule has 21 heavy (non-hydrogen) atoms. The van der Waals surface area contributed by atoms with Gasteiger partial charge in [-0.25, -0.2) is 0 Å². The lowest BCUT2D eigenvalue weighted by Gasteiger charge is -2.10. The van der Waals surface area contributed by atoms with Crippen LogP contribution in [0.25, 0.3) is 0 Å². The fraction of sp³-hybridized carbons (Fsp3) is 0.294. The van der Waals surface area contributed by atoms with Gasteiger partial charge in [0.05, 0.1) is 21.3 Å². The second-order valence-electron chi connectivity index (χ2n) is 4.69. The van der Waals surface area contributed by atoms with Crippen LogP contribution in [0, 0.1) is 0 Å². The second-order valence-corrected chi connectivity index (χ2v) is 4.69. The molecule has 0 aromatic heterocycles. The van der Waals surface area contributed by atoms with Crippen molar-refractivity contribution in [3.05, 3.63) is 53.6 Å². The average molecular weight is 288 g/mol. The molecule has 0 aliphatic rings. The molecule has 0 heterocycles. The van der Waals surface area contributed by atoms with Gasteiger partial charge in [-0.2, -0.15) is 0 Å². The third-order valence-electron chi connectivity index (χ3n) is 3.42. The van der Waals surface area contributed by atoms with Gasteiger partial charge in [0.1, 0.15) is 30.3 Å². The predicted octanol–water partition coefficient (Wildman–Crippen LogP) is 1.98. The van der Waals surface area contributed by atoms with E-state index < -0.39 is 0 Å². The number of methoxy groups -OCH3 is 3. The summed E-state index contributed by atoms with van der Waals surface area (Å²) >= 11 is 0. The van der Waals surface area contributed by atoms with E-state index in [1.807, 2.05) is 36.4 Å². The van der Waals surface area contributed by atoms with Crippen LogP contribution >= 0.6 is 0 Å². The molecule has 4 nitrogen and oxygen atoms in total. The largest absolute Gasteiger partial charge is 0.497 e. The standard InChI is InChI=1S/C17H21NO3/c1-19-15-9-8-14(17(10-15)21-3)12-18-11-13-6-4-5-7-16(13)20-2/h4-10,18H,11-12H2,1-3H3/p+1. The molecule has 0 unspecified atom stereocenters. The van der Waals surface area contributed by atoms with E-state index in [1.165, 1.54) is 5.56 Å². The van der Waals surface area contributed by atoms with Gasteiger partial charge in [0.2, 0.25) is 0 Å². The molecule has 0 atom stereocenters. The Labute approximate surface area is 125 Å². The number of quaternary nitrogens is 1. The summed E-state index contributed by atoms with van der Waals surface area (Å²) in [6.07, 6.45) is 0. The van der Waals surface area contributed by atoms with Crippen LogP contribution in [0.3, 0.4) is 0 Å². The van der Waals surface area contributed by atoms with Gasteiger partial charge >= 0.3 is 0 Å². The van der Waals surface area contributed by atoms with E-state index in [9.17, 15) is 0 Å². The van der Waals surface area contributed by atoms with Gasteiger partial charge in [0.15, 0.2) is 0 Å². The van der Waals surface area contributed by atoms with Crippen LogP contribution in [0.1, 0.15) is 11.1 Å². The van der Waals surface area contributed by atoms with Crippen molar-refractivity contribution in [3.8, 4) is 17.2 Å². The van der Waals surface area contributed by atoms with E-state index >= 15 is 0 Å². The molecule has 0 aliphatic carbocycles. The van der Waals surface area contributed by atoms with E-state index in [0.717, 1.165) is 35.9 Å². The van der Waals surface area contributed by atoms with Crippen molar-refractivity contribution in [2.45, 2.75) is 13.1 Å². The van der Waals surface area contributed by atoms with Crippen LogP contribution in [0.2, 0.25) is 0 Å². The molecule has 0 radical (unpaired) electrons. The van der Waals surface area contributed by atoms with E-state index in [2.05, 4.69) is 11.4 Å². The van der Waals surface area contributed by atoms with E-state index in [0.29, 0.717) is 0 Å². The van der Waals surface area contributed by atoms with Gasteiger partial charge in [-0.1, -0.05) is 12.1 Å². The highest BCUT2D eigenvalue weighted by Gasteiger charge is 2.08. The number of para-hydroxylation sites is 1. The lowest BCUT2D eigenvalue weighted by Crippen LogP contribution is -2.80. The van der Waals surface area contributed by atoms with Crippen LogP contribution in [-0.4, -0.2) is 21.3 Å². The maximum atomic E-state index is 5.41. The molecule has 0 aliphatic heterocycles. The maximum Gasteiger partial charge on any atom is 0.131 e. The Hall–Kier alpha value is -2.20. The van der Waals surface area contributed by atoms with E-state index in [1.54, 1.807) is 21.3 Å². The lowest BCUT2D eigenvalue weighted by molar-refractivity contribution is -0.686. The molecule has 2 rings (SSSR count). The molecule has 0 spiro atoms. The molecule has 0 saturated carbocycles. The van der Waals surface area contributed by atoms with Crippen molar-refractivity contribution >= 4 is 0 Å². The zero-order valence-corrected chi connectivity index (χ0v) is 12.8. The van der Waals surface area contributed by atoms with Crippen LogP contribution in [0.5, 0.6) is 17.2 Å². The number of rotatable bonds is 7. The third kappa shape index (κ3) is 3.89. The van der Waals surface area contributed by atoms with Crippen molar-refractivity contribution in [2.24, 2.45) is 0 Å². The second kappa shape index (κ2) is 7.55. The molecule has 0 bridgehead atoms. The lowest BCUT2D eigenvalue weighted by atomic mass is 10.1. The number of ether oxygens (including phenoxy) is 3. The SMILES string of the molecule is COc1ccc(C[NH2+]Cc2ccccc2OC)c(OC)c1. The minimum absolute atomic E-state index is 0.806. The number of hydrogen-bond acceptors (Lipinski definition) is 3. The number of nitrogens with two attached hydrogens (primary N) is 1. The molecule has 2 aromatic carbocycles. The summed E-state index contributed by atoms with van der Waals surface area (Å²) in [5, 5.41) is 2.22. The molecular weight excluding hydrogens is 266 g/mol.